The van der Waals surface area contributed by atoms with E-state index in [9.17, 15) is 9.90 Å². The second-order valence-electron chi connectivity index (χ2n) is 5.06. The average molecular weight is 471 g/mol. The van der Waals surface area contributed by atoms with E-state index in [1.54, 1.807) is 49.5 Å². The number of nitrogens with zero attached hydrogens (tertiary/aromatic N) is 2. The molecule has 0 atom stereocenters. The van der Waals surface area contributed by atoms with Crippen LogP contribution in [0.5, 0.6) is 5.75 Å². The second kappa shape index (κ2) is 7.16. The molecule has 122 valence electrons. The van der Waals surface area contributed by atoms with Crippen LogP contribution in [0.15, 0.2) is 52.4 Å². The number of rotatable bonds is 2. The van der Waals surface area contributed by atoms with Crippen LogP contribution >= 0.6 is 46.0 Å². The Balaban J connectivity index is 1.89. The number of hydrogen-bond acceptors (Lipinski definition) is 4. The predicted octanol–water partition coefficient (Wildman–Crippen LogP) is 4.88. The van der Waals surface area contributed by atoms with Gasteiger partial charge in [-0.3, -0.25) is 9.69 Å². The van der Waals surface area contributed by atoms with E-state index in [0.29, 0.717) is 15.1 Å². The molecule has 4 nitrogen and oxygen atoms in total. The lowest BCUT2D eigenvalue weighted by Crippen LogP contribution is -2.23. The van der Waals surface area contributed by atoms with Gasteiger partial charge in [0.25, 0.3) is 5.91 Å². The number of halogens is 2. The third kappa shape index (κ3) is 3.76. The van der Waals surface area contributed by atoms with Gasteiger partial charge in [-0.15, -0.1) is 0 Å². The fourth-order valence-corrected chi connectivity index (χ4v) is 3.69. The van der Waals surface area contributed by atoms with Gasteiger partial charge in [0.05, 0.1) is 14.2 Å². The number of aromatic hydroxyl groups is 1. The molecule has 0 bridgehead atoms. The fraction of sp³-hybridized carbons (Fsp3) is 0.0588. The van der Waals surface area contributed by atoms with Crippen molar-refractivity contribution in [2.75, 3.05) is 7.05 Å². The molecular formula is C17H12ClIN2O2S. The topological polar surface area (TPSA) is 52.9 Å². The highest BCUT2D eigenvalue weighted by Crippen LogP contribution is 2.34. The van der Waals surface area contributed by atoms with Crippen LogP contribution in [0.4, 0.5) is 5.69 Å². The smallest absolute Gasteiger partial charge is 0.266 e. The van der Waals surface area contributed by atoms with Gasteiger partial charge in [0.2, 0.25) is 0 Å². The summed E-state index contributed by atoms with van der Waals surface area (Å²) in [6.07, 6.45) is 1.80. The maximum Gasteiger partial charge on any atom is 0.266 e. The van der Waals surface area contributed by atoms with E-state index in [1.807, 2.05) is 6.07 Å². The maximum atomic E-state index is 12.4. The summed E-state index contributed by atoms with van der Waals surface area (Å²) in [6.45, 7) is 0. The second-order valence-corrected chi connectivity index (χ2v) is 7.66. The van der Waals surface area contributed by atoms with E-state index in [4.69, 9.17) is 11.6 Å². The van der Waals surface area contributed by atoms with Gasteiger partial charge in [-0.2, -0.15) is 0 Å². The van der Waals surface area contributed by atoms with Crippen molar-refractivity contribution >= 4 is 68.8 Å². The van der Waals surface area contributed by atoms with Crippen LogP contribution in [0.25, 0.3) is 6.08 Å². The van der Waals surface area contributed by atoms with Crippen molar-refractivity contribution in [3.8, 4) is 5.75 Å². The molecule has 2 aromatic carbocycles. The lowest BCUT2D eigenvalue weighted by Gasteiger charge is -2.07. The maximum absolute atomic E-state index is 12.4. The van der Waals surface area contributed by atoms with E-state index in [2.05, 4.69) is 27.6 Å². The summed E-state index contributed by atoms with van der Waals surface area (Å²) in [5.41, 5.74) is 1.59. The first-order valence-electron chi connectivity index (χ1n) is 6.94. The van der Waals surface area contributed by atoms with E-state index >= 15 is 0 Å². The number of phenols is 1. The molecule has 0 unspecified atom stereocenters. The molecular weight excluding hydrogens is 459 g/mol. The summed E-state index contributed by atoms with van der Waals surface area (Å²) < 4.78 is 0.737. The van der Waals surface area contributed by atoms with Crippen molar-refractivity contribution in [1.82, 2.24) is 4.90 Å². The summed E-state index contributed by atoms with van der Waals surface area (Å²) in [7, 11) is 1.70. The lowest BCUT2D eigenvalue weighted by atomic mass is 10.2. The molecule has 0 spiro atoms. The zero-order chi connectivity index (χ0) is 17.3. The Bertz CT molecular complexity index is 865. The summed E-state index contributed by atoms with van der Waals surface area (Å²) in [5, 5.41) is 10.8. The van der Waals surface area contributed by atoms with Crippen molar-refractivity contribution in [2.24, 2.45) is 4.99 Å². The Hall–Kier alpha value is -1.51. The van der Waals surface area contributed by atoms with Gasteiger partial charge in [0.15, 0.2) is 5.17 Å². The Morgan fingerprint density at radius 3 is 2.62 bits per heavy atom. The first-order valence-corrected chi connectivity index (χ1v) is 9.22. The SMILES string of the molecule is CN1C(=O)/C(=C/c2ccc(O)c(I)c2)SC1=Nc1ccc(Cl)cc1. The normalized spacial score (nSPS) is 18.0. The highest BCUT2D eigenvalue weighted by molar-refractivity contribution is 14.1. The Morgan fingerprint density at radius 2 is 1.96 bits per heavy atom. The number of aliphatic imine (C=N–C) groups is 1. The molecule has 2 aromatic rings. The van der Waals surface area contributed by atoms with Gasteiger partial charge in [-0.25, -0.2) is 4.99 Å². The Labute approximate surface area is 162 Å². The molecule has 24 heavy (non-hydrogen) atoms. The van der Waals surface area contributed by atoms with Gasteiger partial charge < -0.3 is 5.11 Å². The van der Waals surface area contributed by atoms with E-state index in [-0.39, 0.29) is 11.7 Å². The third-order valence-electron chi connectivity index (χ3n) is 3.32. The molecule has 1 heterocycles. The molecule has 0 aromatic heterocycles. The van der Waals surface area contributed by atoms with Gasteiger partial charge in [0, 0.05) is 12.1 Å². The molecule has 1 aliphatic rings. The highest BCUT2D eigenvalue weighted by Gasteiger charge is 2.30. The summed E-state index contributed by atoms with van der Waals surface area (Å²) in [6, 6.07) is 12.3. The van der Waals surface area contributed by atoms with Crippen LogP contribution in [0.2, 0.25) is 5.02 Å². The molecule has 1 N–H and O–H groups in total. The number of amides is 1. The number of benzene rings is 2. The molecule has 7 heteroatoms. The number of likely N-dealkylation sites (N-methyl/N-ethyl adjacent to an activating group) is 1. The standard InChI is InChI=1S/C17H12ClIN2O2S/c1-21-16(23)15(9-10-2-7-14(22)13(19)8-10)24-17(21)20-12-5-3-11(18)4-6-12/h2-9,22H,1H3/b15-9-,20-17?. The van der Waals surface area contributed by atoms with Crippen molar-refractivity contribution in [3.05, 3.63) is 61.5 Å². The molecule has 1 saturated heterocycles. The largest absolute Gasteiger partial charge is 0.507 e. The Kier molecular flexibility index (Phi) is 5.17. The summed E-state index contributed by atoms with van der Waals surface area (Å²) in [5.74, 6) is 0.126. The molecule has 3 rings (SSSR count). The number of carbonyl (C=O) groups excluding carboxylic acids is 1. The van der Waals surface area contributed by atoms with E-state index in [0.717, 1.165) is 14.8 Å². The first kappa shape index (κ1) is 17.3. The van der Waals surface area contributed by atoms with Crippen LogP contribution in [0, 0.1) is 3.57 Å². The number of phenolic OH excluding ortho intramolecular Hbond substituents is 1. The van der Waals surface area contributed by atoms with Crippen molar-refractivity contribution in [1.29, 1.82) is 0 Å². The van der Waals surface area contributed by atoms with Crippen LogP contribution in [-0.4, -0.2) is 28.1 Å². The highest BCUT2D eigenvalue weighted by atomic mass is 127. The number of hydrogen-bond donors (Lipinski definition) is 1. The van der Waals surface area contributed by atoms with E-state index < -0.39 is 0 Å². The molecule has 1 aliphatic heterocycles. The summed E-state index contributed by atoms with van der Waals surface area (Å²) >= 11 is 9.24. The lowest BCUT2D eigenvalue weighted by molar-refractivity contribution is -0.121. The van der Waals surface area contributed by atoms with Crippen molar-refractivity contribution < 1.29 is 9.90 Å². The first-order chi connectivity index (χ1) is 11.4. The van der Waals surface area contributed by atoms with Crippen LogP contribution in [0.1, 0.15) is 5.56 Å². The van der Waals surface area contributed by atoms with Gasteiger partial charge in [-0.05, 0) is 82.4 Å². The minimum atomic E-state index is -0.101. The van der Waals surface area contributed by atoms with Crippen LogP contribution in [0.3, 0.4) is 0 Å². The minimum absolute atomic E-state index is 0.101. The number of thioether (sulfide) groups is 1. The third-order valence-corrected chi connectivity index (χ3v) is 5.50. The zero-order valence-corrected chi connectivity index (χ0v) is 16.3. The molecule has 0 radical (unpaired) electrons. The van der Waals surface area contributed by atoms with Gasteiger partial charge in [-0.1, -0.05) is 17.7 Å². The predicted molar refractivity (Wildman–Crippen MR) is 108 cm³/mol. The van der Waals surface area contributed by atoms with Crippen LogP contribution < -0.4 is 0 Å². The van der Waals surface area contributed by atoms with Crippen LogP contribution in [-0.2, 0) is 4.79 Å². The average Bonchev–Trinajstić information content (AvgIpc) is 2.81. The molecule has 1 amide bonds. The zero-order valence-electron chi connectivity index (χ0n) is 12.5. The van der Waals surface area contributed by atoms with E-state index in [1.165, 1.54) is 16.7 Å². The fourth-order valence-electron chi connectivity index (χ4n) is 2.04. The number of amidine groups is 1. The van der Waals surface area contributed by atoms with Crippen molar-refractivity contribution in [3.63, 3.8) is 0 Å². The van der Waals surface area contributed by atoms with Crippen molar-refractivity contribution in [2.45, 2.75) is 0 Å². The van der Waals surface area contributed by atoms with Gasteiger partial charge >= 0.3 is 0 Å². The quantitative estimate of drug-likeness (QED) is 0.503. The molecule has 0 saturated carbocycles. The monoisotopic (exact) mass is 470 g/mol. The molecule has 0 aliphatic carbocycles. The summed E-state index contributed by atoms with van der Waals surface area (Å²) in [4.78, 5) is 19.0. The minimum Gasteiger partial charge on any atom is -0.507 e. The molecule has 1 fully saturated rings. The van der Waals surface area contributed by atoms with Gasteiger partial charge in [0.1, 0.15) is 5.75 Å². The Morgan fingerprint density at radius 1 is 1.25 bits per heavy atom. The number of carbonyl (C=O) groups is 1.